The summed E-state index contributed by atoms with van der Waals surface area (Å²) in [4.78, 5) is 5.94. The largest absolute Gasteiger partial charge is 0.280 e. The Morgan fingerprint density at radius 2 is 1.27 bits per heavy atom. The van der Waals surface area contributed by atoms with Gasteiger partial charge in [-0.2, -0.15) is 0 Å². The first-order valence-electron chi connectivity index (χ1n) is 22.2. The van der Waals surface area contributed by atoms with Crippen LogP contribution in [0.3, 0.4) is 0 Å². The van der Waals surface area contributed by atoms with E-state index in [2.05, 4.69) is 200 Å². The minimum Gasteiger partial charge on any atom is -0.280 e. The summed E-state index contributed by atoms with van der Waals surface area (Å²) < 4.78 is 0. The molecule has 0 radical (unpaired) electrons. The summed E-state index contributed by atoms with van der Waals surface area (Å²) in [6.07, 6.45) is 11.7. The summed E-state index contributed by atoms with van der Waals surface area (Å²) >= 11 is 0. The quantitative estimate of drug-likeness (QED) is 0.160. The fourth-order valence-electron chi connectivity index (χ4n) is 10.6. The highest BCUT2D eigenvalue weighted by molar-refractivity contribution is 6.05. The second-order valence-electron chi connectivity index (χ2n) is 18.3. The molecule has 0 saturated carbocycles. The Balaban J connectivity index is 1.19. The molecule has 2 aliphatic carbocycles. The second-order valence-corrected chi connectivity index (χ2v) is 18.3. The average molecular weight is 770 g/mol. The van der Waals surface area contributed by atoms with E-state index in [1.807, 2.05) is 0 Å². The number of benzene rings is 6. The first-order valence-corrected chi connectivity index (χ1v) is 22.2. The Hall–Kier alpha value is -5.53. The number of hydrogen-bond acceptors (Lipinski definition) is 1. The molecule has 0 aromatic heterocycles. The standard InChI is InChI=1S/C58H59N/c1-8-44-46(42-31-29-41(30-32-42)45-33-26-37(2)25-27-38(3)40(45)5)34-28-39(4)56(43-17-10-9-11-18-43)59-57(44)51-36-35-49(47-19-12-13-20-48(47)51)50-22-16-24-54-55(50)52-21-14-15-23-53(52)58(54,6)7/h9-24,26,29-36,38-40,44,57H,8,25,27-28H2,1-7H3/b37-26-,45-33+,46-34+,59-56+. The first-order chi connectivity index (χ1) is 28.7. The summed E-state index contributed by atoms with van der Waals surface area (Å²) in [7, 11) is 0. The van der Waals surface area contributed by atoms with Crippen LogP contribution >= 0.6 is 0 Å². The van der Waals surface area contributed by atoms with Crippen LogP contribution in [0.2, 0.25) is 0 Å². The monoisotopic (exact) mass is 769 g/mol. The zero-order valence-corrected chi connectivity index (χ0v) is 36.1. The number of allylic oxidation sites excluding steroid dienone is 5. The van der Waals surface area contributed by atoms with Crippen LogP contribution in [0.25, 0.3) is 44.2 Å². The molecule has 6 aromatic rings. The molecular weight excluding hydrogens is 711 g/mol. The van der Waals surface area contributed by atoms with Gasteiger partial charge in [-0.05, 0) is 122 Å². The number of hydrogen-bond donors (Lipinski definition) is 0. The highest BCUT2D eigenvalue weighted by Gasteiger charge is 2.37. The van der Waals surface area contributed by atoms with Crippen LogP contribution in [0.15, 0.2) is 162 Å². The molecule has 1 heteroatoms. The third kappa shape index (κ3) is 6.97. The van der Waals surface area contributed by atoms with Crippen LogP contribution in [0, 0.1) is 23.7 Å². The van der Waals surface area contributed by atoms with Gasteiger partial charge in [0.2, 0.25) is 0 Å². The summed E-state index contributed by atoms with van der Waals surface area (Å²) in [5.41, 5.74) is 18.8. The lowest BCUT2D eigenvalue weighted by molar-refractivity contribution is 0.436. The van der Waals surface area contributed by atoms with Gasteiger partial charge in [0, 0.05) is 23.0 Å². The number of nitrogens with zero attached hydrogens (tertiary/aromatic N) is 1. The van der Waals surface area contributed by atoms with Crippen molar-refractivity contribution in [2.45, 2.75) is 85.6 Å². The maximum atomic E-state index is 5.94. The molecule has 5 atom stereocenters. The third-order valence-electron chi connectivity index (χ3n) is 14.3. The van der Waals surface area contributed by atoms with Gasteiger partial charge in [0.05, 0.1) is 6.04 Å². The molecule has 0 spiro atoms. The molecule has 0 amide bonds. The van der Waals surface area contributed by atoms with Gasteiger partial charge in [-0.15, -0.1) is 0 Å². The van der Waals surface area contributed by atoms with Crippen LogP contribution in [0.5, 0.6) is 0 Å². The SMILES string of the molecule is CCC1/C(c2ccc(/C3=C/C=C(/C)CCC(C)C3C)cc2)=C/CC(C)/C(c2ccccc2)=N\C1c1ccc(-c2cccc3c2-c2ccccc2C3(C)C)c2ccccc12. The molecule has 9 rings (SSSR count). The predicted octanol–water partition coefficient (Wildman–Crippen LogP) is 15.9. The molecule has 1 heterocycles. The van der Waals surface area contributed by atoms with Gasteiger partial charge in [-0.1, -0.05) is 199 Å². The molecule has 59 heavy (non-hydrogen) atoms. The van der Waals surface area contributed by atoms with E-state index in [1.54, 1.807) is 0 Å². The van der Waals surface area contributed by atoms with Gasteiger partial charge >= 0.3 is 0 Å². The van der Waals surface area contributed by atoms with E-state index in [-0.39, 0.29) is 23.3 Å². The molecule has 6 aromatic carbocycles. The van der Waals surface area contributed by atoms with Crippen molar-refractivity contribution in [1.29, 1.82) is 0 Å². The molecule has 1 aliphatic heterocycles. The highest BCUT2D eigenvalue weighted by Crippen LogP contribution is 2.53. The highest BCUT2D eigenvalue weighted by atomic mass is 14.8. The van der Waals surface area contributed by atoms with Crippen molar-refractivity contribution in [3.63, 3.8) is 0 Å². The zero-order valence-electron chi connectivity index (χ0n) is 36.1. The predicted molar refractivity (Wildman–Crippen MR) is 254 cm³/mol. The van der Waals surface area contributed by atoms with E-state index in [4.69, 9.17) is 4.99 Å². The Morgan fingerprint density at radius 3 is 2.03 bits per heavy atom. The number of aliphatic imine (C=N–C) groups is 1. The summed E-state index contributed by atoms with van der Waals surface area (Å²) in [6, 6.07) is 50.4. The summed E-state index contributed by atoms with van der Waals surface area (Å²) in [6.45, 7) is 16.6. The van der Waals surface area contributed by atoms with E-state index in [9.17, 15) is 0 Å². The molecule has 1 nitrogen and oxygen atoms in total. The zero-order chi connectivity index (χ0) is 40.8. The Bertz CT molecular complexity index is 2650. The Morgan fingerprint density at radius 1 is 0.610 bits per heavy atom. The van der Waals surface area contributed by atoms with Crippen molar-refractivity contribution < 1.29 is 0 Å². The van der Waals surface area contributed by atoms with Crippen molar-refractivity contribution in [3.8, 4) is 22.3 Å². The van der Waals surface area contributed by atoms with Gasteiger partial charge < -0.3 is 0 Å². The minimum absolute atomic E-state index is 0.0517. The van der Waals surface area contributed by atoms with Gasteiger partial charge in [0.25, 0.3) is 0 Å². The van der Waals surface area contributed by atoms with Crippen molar-refractivity contribution in [1.82, 2.24) is 0 Å². The molecular formula is C58H59N. The van der Waals surface area contributed by atoms with Crippen molar-refractivity contribution in [2.24, 2.45) is 28.7 Å². The molecule has 296 valence electrons. The van der Waals surface area contributed by atoms with Gasteiger partial charge in [0.15, 0.2) is 0 Å². The van der Waals surface area contributed by atoms with E-state index in [0.29, 0.717) is 11.8 Å². The fraction of sp³-hybridized carbons (Fsp3) is 0.293. The van der Waals surface area contributed by atoms with Gasteiger partial charge in [0.1, 0.15) is 0 Å². The maximum absolute atomic E-state index is 5.94. The van der Waals surface area contributed by atoms with Crippen LogP contribution < -0.4 is 0 Å². The normalized spacial score (nSPS) is 26.3. The second kappa shape index (κ2) is 15.9. The topological polar surface area (TPSA) is 12.4 Å². The van der Waals surface area contributed by atoms with E-state index >= 15 is 0 Å². The summed E-state index contributed by atoms with van der Waals surface area (Å²) in [5, 5.41) is 2.58. The molecule has 3 aliphatic rings. The summed E-state index contributed by atoms with van der Waals surface area (Å²) in [5.74, 6) is 1.62. The lowest BCUT2D eigenvalue weighted by Gasteiger charge is -2.32. The first kappa shape index (κ1) is 39.0. The van der Waals surface area contributed by atoms with E-state index in [0.717, 1.165) is 12.8 Å². The lowest BCUT2D eigenvalue weighted by Crippen LogP contribution is -2.22. The average Bonchev–Trinajstić information content (AvgIpc) is 3.50. The van der Waals surface area contributed by atoms with E-state index < -0.39 is 0 Å². The number of rotatable bonds is 6. The van der Waals surface area contributed by atoms with Crippen molar-refractivity contribution >= 4 is 27.6 Å². The van der Waals surface area contributed by atoms with E-state index in [1.165, 1.54) is 102 Å². The molecule has 5 unspecified atom stereocenters. The smallest absolute Gasteiger partial charge is 0.0827 e. The van der Waals surface area contributed by atoms with Crippen LogP contribution in [0.4, 0.5) is 0 Å². The van der Waals surface area contributed by atoms with Crippen LogP contribution in [-0.4, -0.2) is 5.71 Å². The van der Waals surface area contributed by atoms with Crippen LogP contribution in [0.1, 0.15) is 114 Å². The van der Waals surface area contributed by atoms with Crippen LogP contribution in [-0.2, 0) is 5.41 Å². The molecule has 0 bridgehead atoms. The lowest BCUT2D eigenvalue weighted by atomic mass is 9.76. The van der Waals surface area contributed by atoms with Crippen molar-refractivity contribution in [3.05, 3.63) is 191 Å². The minimum atomic E-state index is -0.0636. The Labute approximate surface area is 353 Å². The molecule has 0 N–H and O–H groups in total. The number of fused-ring (bicyclic) bond motifs is 4. The molecule has 0 fully saturated rings. The van der Waals surface area contributed by atoms with Crippen molar-refractivity contribution in [2.75, 3.05) is 0 Å². The third-order valence-corrected chi connectivity index (χ3v) is 14.3. The fourth-order valence-corrected chi connectivity index (χ4v) is 10.6. The molecule has 0 saturated heterocycles. The van der Waals surface area contributed by atoms with Gasteiger partial charge in [-0.3, -0.25) is 4.99 Å². The van der Waals surface area contributed by atoms with Gasteiger partial charge in [-0.25, -0.2) is 0 Å². The Kier molecular flexibility index (Phi) is 10.5. The maximum Gasteiger partial charge on any atom is 0.0827 e.